The molecule has 80 valence electrons. The minimum atomic E-state index is -1.21. The maximum Gasteiger partial charge on any atom is 0.333 e. The molecule has 0 saturated heterocycles. The van der Waals surface area contributed by atoms with Gasteiger partial charge in [0.15, 0.2) is 11.8 Å². The van der Waals surface area contributed by atoms with E-state index in [0.717, 1.165) is 0 Å². The first-order valence-corrected chi connectivity index (χ1v) is 4.36. The number of nitrogens with two attached hydrogens (primary N) is 1. The fraction of sp³-hybridized carbons (Fsp3) is 0.200. The zero-order valence-electron chi connectivity index (χ0n) is 8.23. The van der Waals surface area contributed by atoms with Crippen molar-refractivity contribution in [3.8, 4) is 0 Å². The number of aliphatic carboxylic acids is 1. The Morgan fingerprint density at radius 1 is 1.33 bits per heavy atom. The van der Waals surface area contributed by atoms with Crippen LogP contribution in [0.15, 0.2) is 24.3 Å². The quantitative estimate of drug-likeness (QED) is 0.501. The summed E-state index contributed by atoms with van der Waals surface area (Å²) in [6.07, 6.45) is 0. The van der Waals surface area contributed by atoms with Gasteiger partial charge in [0.05, 0.1) is 0 Å². The third-order valence-corrected chi connectivity index (χ3v) is 1.88. The fourth-order valence-electron chi connectivity index (χ4n) is 1.08. The van der Waals surface area contributed by atoms with Crippen LogP contribution < -0.4 is 11.1 Å². The number of nitrogen functional groups attached to an aromatic ring is 1. The van der Waals surface area contributed by atoms with Crippen molar-refractivity contribution in [1.29, 1.82) is 0 Å². The largest absolute Gasteiger partial charge is 0.479 e. The molecule has 0 spiro atoms. The van der Waals surface area contributed by atoms with E-state index in [0.29, 0.717) is 11.4 Å². The third-order valence-electron chi connectivity index (χ3n) is 1.88. The standard InChI is InChI=1S/C10H12N2O3/c1-6(13)9(10(14)15)12-8-4-2-7(11)3-5-8/h2-5,9,12H,11H2,1H3,(H,14,15). The summed E-state index contributed by atoms with van der Waals surface area (Å²) in [6.45, 7) is 1.23. The lowest BCUT2D eigenvalue weighted by Gasteiger charge is -2.12. The molecule has 0 aliphatic heterocycles. The predicted molar refractivity (Wildman–Crippen MR) is 56.6 cm³/mol. The topological polar surface area (TPSA) is 92.4 Å². The smallest absolute Gasteiger partial charge is 0.333 e. The van der Waals surface area contributed by atoms with Crippen molar-refractivity contribution in [2.75, 3.05) is 11.1 Å². The predicted octanol–water partition coefficient (Wildman–Crippen LogP) is 0.723. The van der Waals surface area contributed by atoms with Crippen molar-refractivity contribution in [3.63, 3.8) is 0 Å². The van der Waals surface area contributed by atoms with Gasteiger partial charge in [0.2, 0.25) is 0 Å². The molecule has 1 atom stereocenters. The molecule has 1 aromatic carbocycles. The average molecular weight is 208 g/mol. The molecule has 0 aliphatic rings. The van der Waals surface area contributed by atoms with E-state index in [4.69, 9.17) is 10.8 Å². The molecule has 0 amide bonds. The van der Waals surface area contributed by atoms with Gasteiger partial charge in [-0.15, -0.1) is 0 Å². The lowest BCUT2D eigenvalue weighted by Crippen LogP contribution is -2.35. The summed E-state index contributed by atoms with van der Waals surface area (Å²) in [4.78, 5) is 21.7. The highest BCUT2D eigenvalue weighted by Gasteiger charge is 2.21. The minimum absolute atomic E-state index is 0.445. The second-order valence-electron chi connectivity index (χ2n) is 3.15. The number of nitrogens with one attached hydrogen (secondary N) is 1. The summed E-state index contributed by atoms with van der Waals surface area (Å²) in [5, 5.41) is 11.4. The van der Waals surface area contributed by atoms with Crippen LogP contribution in [0.3, 0.4) is 0 Å². The Kier molecular flexibility index (Phi) is 3.28. The second kappa shape index (κ2) is 4.45. The number of hydrogen-bond acceptors (Lipinski definition) is 4. The molecular weight excluding hydrogens is 196 g/mol. The Bertz CT molecular complexity index is 359. The van der Waals surface area contributed by atoms with Gasteiger partial charge in [0.25, 0.3) is 0 Å². The first kappa shape index (κ1) is 11.0. The normalized spacial score (nSPS) is 11.8. The summed E-state index contributed by atoms with van der Waals surface area (Å²) >= 11 is 0. The number of carbonyl (C=O) groups is 2. The highest BCUT2D eigenvalue weighted by atomic mass is 16.4. The van der Waals surface area contributed by atoms with Crippen molar-refractivity contribution in [2.24, 2.45) is 0 Å². The van der Waals surface area contributed by atoms with Crippen LogP contribution in [-0.2, 0) is 9.59 Å². The van der Waals surface area contributed by atoms with Crippen LogP contribution in [0.1, 0.15) is 6.92 Å². The molecule has 0 saturated carbocycles. The molecule has 1 rings (SSSR count). The van der Waals surface area contributed by atoms with E-state index in [1.54, 1.807) is 24.3 Å². The number of carbonyl (C=O) groups excluding carboxylic acids is 1. The van der Waals surface area contributed by atoms with Crippen molar-refractivity contribution in [1.82, 2.24) is 0 Å². The fourth-order valence-corrected chi connectivity index (χ4v) is 1.08. The van der Waals surface area contributed by atoms with Gasteiger partial charge in [-0.3, -0.25) is 4.79 Å². The lowest BCUT2D eigenvalue weighted by molar-refractivity contribution is -0.140. The van der Waals surface area contributed by atoms with Crippen molar-refractivity contribution in [3.05, 3.63) is 24.3 Å². The Morgan fingerprint density at radius 3 is 2.27 bits per heavy atom. The monoisotopic (exact) mass is 208 g/mol. The van der Waals surface area contributed by atoms with Gasteiger partial charge in [-0.05, 0) is 31.2 Å². The molecule has 0 fully saturated rings. The van der Waals surface area contributed by atoms with Crippen LogP contribution in [0.25, 0.3) is 0 Å². The average Bonchev–Trinajstić information content (AvgIpc) is 2.15. The molecule has 15 heavy (non-hydrogen) atoms. The Hall–Kier alpha value is -2.04. The minimum Gasteiger partial charge on any atom is -0.479 e. The number of Topliss-reactive ketones (excluding diaryl/α,β-unsaturated/α-hetero) is 1. The number of carboxylic acids is 1. The van der Waals surface area contributed by atoms with Gasteiger partial charge >= 0.3 is 5.97 Å². The van der Waals surface area contributed by atoms with Crippen LogP contribution in [0.5, 0.6) is 0 Å². The summed E-state index contributed by atoms with van der Waals surface area (Å²) in [6, 6.07) is 5.28. The van der Waals surface area contributed by atoms with Crippen LogP contribution in [0.2, 0.25) is 0 Å². The van der Waals surface area contributed by atoms with Gasteiger partial charge < -0.3 is 16.2 Å². The van der Waals surface area contributed by atoms with E-state index in [9.17, 15) is 9.59 Å². The molecule has 5 nitrogen and oxygen atoms in total. The number of hydrogen-bond donors (Lipinski definition) is 3. The van der Waals surface area contributed by atoms with E-state index in [1.807, 2.05) is 0 Å². The van der Waals surface area contributed by atoms with E-state index >= 15 is 0 Å². The summed E-state index contributed by atoms with van der Waals surface area (Å²) < 4.78 is 0. The number of carboxylic acid groups (broad SMARTS) is 1. The summed E-state index contributed by atoms with van der Waals surface area (Å²) in [7, 11) is 0. The van der Waals surface area contributed by atoms with Crippen LogP contribution in [0.4, 0.5) is 11.4 Å². The van der Waals surface area contributed by atoms with E-state index in [1.165, 1.54) is 6.92 Å². The third kappa shape index (κ3) is 2.98. The maximum absolute atomic E-state index is 11.0. The maximum atomic E-state index is 11.0. The SMILES string of the molecule is CC(=O)C(Nc1ccc(N)cc1)C(=O)O. The molecule has 0 bridgehead atoms. The van der Waals surface area contributed by atoms with E-state index in [-0.39, 0.29) is 0 Å². The molecule has 1 unspecified atom stereocenters. The van der Waals surface area contributed by atoms with Crippen LogP contribution in [-0.4, -0.2) is 22.9 Å². The molecule has 4 N–H and O–H groups in total. The molecule has 0 aromatic heterocycles. The van der Waals surface area contributed by atoms with Crippen LogP contribution >= 0.6 is 0 Å². The van der Waals surface area contributed by atoms with Gasteiger partial charge in [0.1, 0.15) is 0 Å². The van der Waals surface area contributed by atoms with Gasteiger partial charge in [-0.2, -0.15) is 0 Å². The highest BCUT2D eigenvalue weighted by molar-refractivity contribution is 6.03. The summed E-state index contributed by atoms with van der Waals surface area (Å²) in [5.74, 6) is -1.64. The first-order valence-electron chi connectivity index (χ1n) is 4.36. The van der Waals surface area contributed by atoms with Crippen LogP contribution in [0, 0.1) is 0 Å². The summed E-state index contributed by atoms with van der Waals surface area (Å²) in [5.41, 5.74) is 6.59. The Balaban J connectivity index is 2.79. The molecular formula is C10H12N2O3. The van der Waals surface area contributed by atoms with Crippen molar-refractivity contribution >= 4 is 23.1 Å². The molecule has 0 aliphatic carbocycles. The number of anilines is 2. The Labute approximate surface area is 86.9 Å². The van der Waals surface area contributed by atoms with Gasteiger partial charge in [-0.1, -0.05) is 0 Å². The van der Waals surface area contributed by atoms with Crippen molar-refractivity contribution < 1.29 is 14.7 Å². The van der Waals surface area contributed by atoms with Gasteiger partial charge in [-0.25, -0.2) is 4.79 Å². The lowest BCUT2D eigenvalue weighted by atomic mass is 10.2. The van der Waals surface area contributed by atoms with E-state index in [2.05, 4.69) is 5.32 Å². The second-order valence-corrected chi connectivity index (χ2v) is 3.15. The molecule has 0 heterocycles. The Morgan fingerprint density at radius 2 is 1.87 bits per heavy atom. The van der Waals surface area contributed by atoms with E-state index < -0.39 is 17.8 Å². The molecule has 1 aromatic rings. The number of rotatable bonds is 4. The first-order chi connectivity index (χ1) is 7.00. The highest BCUT2D eigenvalue weighted by Crippen LogP contribution is 2.12. The zero-order chi connectivity index (χ0) is 11.4. The van der Waals surface area contributed by atoms with Crippen molar-refractivity contribution in [2.45, 2.75) is 13.0 Å². The molecule has 5 heteroatoms. The number of benzene rings is 1. The molecule has 0 radical (unpaired) electrons. The zero-order valence-corrected chi connectivity index (χ0v) is 8.23. The number of ketones is 1. The van der Waals surface area contributed by atoms with Gasteiger partial charge in [0, 0.05) is 11.4 Å².